The van der Waals surface area contributed by atoms with Gasteiger partial charge >= 0.3 is 17.1 Å². The fourth-order valence-electron chi connectivity index (χ4n) is 2.90. The Kier molecular flexibility index (Phi) is 2.21. The molecule has 2 saturated carbocycles. The van der Waals surface area contributed by atoms with Crippen molar-refractivity contribution in [2.75, 3.05) is 0 Å². The molecule has 2 rings (SSSR count). The quantitative estimate of drug-likeness (QED) is 0.579. The van der Waals surface area contributed by atoms with E-state index >= 15 is 0 Å². The van der Waals surface area contributed by atoms with E-state index < -0.39 is 0 Å². The van der Waals surface area contributed by atoms with Crippen LogP contribution in [0.3, 0.4) is 0 Å². The van der Waals surface area contributed by atoms with E-state index in [-0.39, 0.29) is 27.9 Å². The average molecular weight is 233 g/mol. The molecule has 2 bridgehead atoms. The van der Waals surface area contributed by atoms with Crippen LogP contribution in [-0.2, 0) is 4.79 Å². The topological polar surface area (TPSA) is 17.1 Å². The number of hydrogen-bond acceptors (Lipinski definition) is 1. The van der Waals surface area contributed by atoms with Crippen LogP contribution in [0.2, 0.25) is 0 Å². The van der Waals surface area contributed by atoms with Gasteiger partial charge in [-0.1, -0.05) is 20.8 Å². The molecule has 0 aliphatic heterocycles. The molecule has 0 saturated heterocycles. The molecule has 0 spiro atoms. The van der Waals surface area contributed by atoms with Crippen molar-refractivity contribution < 1.29 is 4.79 Å². The number of fused-ring (bicyclic) bond motifs is 2. The standard InChI is InChI=1S/C10H16O.H2Se/c1-9(2)7-4-5-10(9,3)8(11)6-7;/h7H,4-6H2,1-3H3;1H2. The van der Waals surface area contributed by atoms with E-state index in [9.17, 15) is 4.79 Å². The Balaban J connectivity index is 0.000000720. The van der Waals surface area contributed by atoms with Crippen molar-refractivity contribution in [2.45, 2.75) is 40.0 Å². The molecule has 0 heterocycles. The normalized spacial score (nSPS) is 42.9. The Morgan fingerprint density at radius 1 is 1.33 bits per heavy atom. The zero-order valence-corrected chi connectivity index (χ0v) is 10.2. The first-order chi connectivity index (χ1) is 4.98. The van der Waals surface area contributed by atoms with Gasteiger partial charge in [0.05, 0.1) is 0 Å². The monoisotopic (exact) mass is 234 g/mol. The van der Waals surface area contributed by atoms with Crippen LogP contribution in [-0.4, -0.2) is 22.9 Å². The number of rotatable bonds is 0. The van der Waals surface area contributed by atoms with Crippen LogP contribution in [0.4, 0.5) is 0 Å². The molecule has 2 aliphatic rings. The van der Waals surface area contributed by atoms with E-state index in [4.69, 9.17) is 0 Å². The molecule has 2 fully saturated rings. The van der Waals surface area contributed by atoms with Crippen molar-refractivity contribution in [3.05, 3.63) is 0 Å². The van der Waals surface area contributed by atoms with Crippen molar-refractivity contribution in [3.8, 4) is 0 Å². The van der Waals surface area contributed by atoms with Crippen LogP contribution >= 0.6 is 0 Å². The van der Waals surface area contributed by atoms with Gasteiger partial charge in [-0.25, -0.2) is 0 Å². The number of hydrogen-bond donors (Lipinski definition) is 0. The van der Waals surface area contributed by atoms with E-state index in [0.717, 1.165) is 12.8 Å². The molecule has 0 radical (unpaired) electrons. The summed E-state index contributed by atoms with van der Waals surface area (Å²) < 4.78 is 0. The number of ketones is 1. The first-order valence-electron chi connectivity index (χ1n) is 4.52. The summed E-state index contributed by atoms with van der Waals surface area (Å²) in [6, 6.07) is 0. The number of carbonyl (C=O) groups excluding carboxylic acids is 1. The molecule has 0 amide bonds. The fourth-order valence-corrected chi connectivity index (χ4v) is 2.90. The van der Waals surface area contributed by atoms with Gasteiger partial charge in [0.25, 0.3) is 0 Å². The first kappa shape index (κ1) is 10.3. The van der Waals surface area contributed by atoms with Crippen LogP contribution in [0.1, 0.15) is 40.0 Å². The van der Waals surface area contributed by atoms with Crippen molar-refractivity contribution in [1.29, 1.82) is 0 Å². The summed E-state index contributed by atoms with van der Waals surface area (Å²) >= 11 is 0. The molecule has 70 valence electrons. The summed E-state index contributed by atoms with van der Waals surface area (Å²) in [7, 11) is 0. The summed E-state index contributed by atoms with van der Waals surface area (Å²) in [5.74, 6) is 1.19. The van der Waals surface area contributed by atoms with Crippen molar-refractivity contribution >= 4 is 22.9 Å². The van der Waals surface area contributed by atoms with E-state index in [2.05, 4.69) is 20.8 Å². The van der Waals surface area contributed by atoms with Gasteiger partial charge in [0.1, 0.15) is 5.78 Å². The Morgan fingerprint density at radius 3 is 2.08 bits per heavy atom. The van der Waals surface area contributed by atoms with Crippen LogP contribution in [0.25, 0.3) is 0 Å². The minimum absolute atomic E-state index is 0. The predicted octanol–water partition coefficient (Wildman–Crippen LogP) is 1.49. The average Bonchev–Trinajstić information content (AvgIpc) is 2.20. The third-order valence-electron chi connectivity index (χ3n) is 4.48. The zero-order chi connectivity index (χ0) is 8.28. The van der Waals surface area contributed by atoms with Crippen molar-refractivity contribution in [2.24, 2.45) is 16.7 Å². The van der Waals surface area contributed by atoms with Gasteiger partial charge in [0.15, 0.2) is 0 Å². The molecule has 0 aromatic rings. The molecule has 0 N–H and O–H groups in total. The summed E-state index contributed by atoms with van der Waals surface area (Å²) in [5, 5.41) is 0. The number of carbonyl (C=O) groups is 1. The van der Waals surface area contributed by atoms with Gasteiger partial charge in [0, 0.05) is 11.8 Å². The summed E-state index contributed by atoms with van der Waals surface area (Å²) in [6.45, 7) is 6.67. The second-order valence-corrected chi connectivity index (χ2v) is 4.92. The molecular formula is C10H18OSe. The first-order valence-corrected chi connectivity index (χ1v) is 4.52. The molecule has 0 aromatic carbocycles. The Bertz CT molecular complexity index is 222. The second kappa shape index (κ2) is 2.59. The second-order valence-electron chi connectivity index (χ2n) is 4.92. The van der Waals surface area contributed by atoms with E-state index in [1.807, 2.05) is 0 Å². The molecule has 12 heavy (non-hydrogen) atoms. The van der Waals surface area contributed by atoms with Crippen LogP contribution < -0.4 is 0 Å². The van der Waals surface area contributed by atoms with Crippen molar-refractivity contribution in [1.82, 2.24) is 0 Å². The summed E-state index contributed by atoms with van der Waals surface area (Å²) in [6.07, 6.45) is 3.25. The third-order valence-corrected chi connectivity index (χ3v) is 4.48. The molecule has 0 aromatic heterocycles. The van der Waals surface area contributed by atoms with Gasteiger partial charge in [0.2, 0.25) is 0 Å². The van der Waals surface area contributed by atoms with Gasteiger partial charge < -0.3 is 0 Å². The zero-order valence-electron chi connectivity index (χ0n) is 8.11. The van der Waals surface area contributed by atoms with Gasteiger partial charge in [-0.15, -0.1) is 0 Å². The summed E-state index contributed by atoms with van der Waals surface area (Å²) in [4.78, 5) is 11.6. The molecule has 2 aliphatic carbocycles. The third kappa shape index (κ3) is 0.885. The number of Topliss-reactive ketones (excluding diaryl/α,β-unsaturated/α-hetero) is 1. The van der Waals surface area contributed by atoms with Crippen LogP contribution in [0.15, 0.2) is 0 Å². The van der Waals surface area contributed by atoms with Crippen LogP contribution in [0.5, 0.6) is 0 Å². The Morgan fingerprint density at radius 2 is 1.92 bits per heavy atom. The van der Waals surface area contributed by atoms with Crippen molar-refractivity contribution in [3.63, 3.8) is 0 Å². The molecule has 1 nitrogen and oxygen atoms in total. The SMILES string of the molecule is CC12CCC(CC1=O)C2(C)C.[SeH2]. The van der Waals surface area contributed by atoms with Gasteiger partial charge in [-0.3, -0.25) is 4.79 Å². The minimum atomic E-state index is 0. The predicted molar refractivity (Wildman–Crippen MR) is 52.8 cm³/mol. The molecule has 2 unspecified atom stereocenters. The maximum absolute atomic E-state index is 11.6. The molecule has 2 atom stereocenters. The Hall–Kier alpha value is 0.189. The molecule has 2 heteroatoms. The maximum atomic E-state index is 11.6. The van der Waals surface area contributed by atoms with E-state index in [1.54, 1.807) is 0 Å². The summed E-state index contributed by atoms with van der Waals surface area (Å²) in [5.41, 5.74) is 0.307. The van der Waals surface area contributed by atoms with Gasteiger partial charge in [-0.05, 0) is 24.2 Å². The van der Waals surface area contributed by atoms with Crippen LogP contribution in [0, 0.1) is 16.7 Å². The fraction of sp³-hybridized carbons (Fsp3) is 0.900. The van der Waals surface area contributed by atoms with Gasteiger partial charge in [-0.2, -0.15) is 0 Å². The van der Waals surface area contributed by atoms with E-state index in [0.29, 0.717) is 11.7 Å². The molecular weight excluding hydrogens is 215 g/mol. The Labute approximate surface area is 84.8 Å². The van der Waals surface area contributed by atoms with E-state index in [1.165, 1.54) is 6.42 Å².